The molecule has 0 unspecified atom stereocenters. The molecule has 1 amide bonds. The summed E-state index contributed by atoms with van der Waals surface area (Å²) in [6.45, 7) is 4.62. The van der Waals surface area contributed by atoms with Crippen LogP contribution in [-0.2, 0) is 4.79 Å². The van der Waals surface area contributed by atoms with Gasteiger partial charge in [-0.3, -0.25) is 9.59 Å². The monoisotopic (exact) mass is 377 g/mol. The van der Waals surface area contributed by atoms with E-state index in [4.69, 9.17) is 4.42 Å². The van der Waals surface area contributed by atoms with Gasteiger partial charge in [-0.2, -0.15) is 0 Å². The van der Waals surface area contributed by atoms with Gasteiger partial charge < -0.3 is 14.4 Å². The van der Waals surface area contributed by atoms with Gasteiger partial charge in [-0.1, -0.05) is 56.7 Å². The normalized spacial score (nSPS) is 20.2. The Morgan fingerprint density at radius 2 is 1.89 bits per heavy atom. The van der Waals surface area contributed by atoms with E-state index in [1.807, 2.05) is 30.3 Å². The van der Waals surface area contributed by atoms with Crippen LogP contribution in [0.1, 0.15) is 53.9 Å². The second-order valence-electron chi connectivity index (χ2n) is 7.51. The maximum absolute atomic E-state index is 13.3. The highest BCUT2D eigenvalue weighted by atomic mass is 16.4. The van der Waals surface area contributed by atoms with E-state index in [0.29, 0.717) is 29.0 Å². The van der Waals surface area contributed by atoms with Gasteiger partial charge in [0.05, 0.1) is 0 Å². The van der Waals surface area contributed by atoms with Crippen LogP contribution >= 0.6 is 0 Å². The van der Waals surface area contributed by atoms with Gasteiger partial charge in [0.25, 0.3) is 5.91 Å². The van der Waals surface area contributed by atoms with E-state index in [-0.39, 0.29) is 11.8 Å². The predicted molar refractivity (Wildman–Crippen MR) is 106 cm³/mol. The van der Waals surface area contributed by atoms with E-state index in [0.717, 1.165) is 11.8 Å². The minimum atomic E-state index is -0.959. The standard InChI is InChI=1S/C23H23NO4/c1-3-14(2)13-24-21(19-12-15-8-4-7-11-18(15)28-19)20(23(26)27)16-9-5-6-10-17(16)22(24)25/h4-12,14,20-21H,3,13H2,1-2H3,(H,26,27)/t14-,20+,21-/m0/s1. The molecule has 0 bridgehead atoms. The van der Waals surface area contributed by atoms with E-state index in [2.05, 4.69) is 13.8 Å². The van der Waals surface area contributed by atoms with Crippen LogP contribution in [-0.4, -0.2) is 28.4 Å². The van der Waals surface area contributed by atoms with Gasteiger partial charge in [0.2, 0.25) is 0 Å². The summed E-state index contributed by atoms with van der Waals surface area (Å²) in [7, 11) is 0. The Hall–Kier alpha value is -3.08. The largest absolute Gasteiger partial charge is 0.481 e. The minimum Gasteiger partial charge on any atom is -0.481 e. The lowest BCUT2D eigenvalue weighted by Crippen LogP contribution is -2.46. The molecule has 0 saturated heterocycles. The van der Waals surface area contributed by atoms with Crippen LogP contribution in [0.25, 0.3) is 11.0 Å². The van der Waals surface area contributed by atoms with E-state index >= 15 is 0 Å². The highest BCUT2D eigenvalue weighted by Gasteiger charge is 2.46. The fraction of sp³-hybridized carbons (Fsp3) is 0.304. The van der Waals surface area contributed by atoms with E-state index in [1.165, 1.54) is 0 Å². The number of fused-ring (bicyclic) bond motifs is 2. The summed E-state index contributed by atoms with van der Waals surface area (Å²) in [6.07, 6.45) is 0.899. The maximum Gasteiger partial charge on any atom is 0.313 e. The van der Waals surface area contributed by atoms with Gasteiger partial charge >= 0.3 is 5.97 Å². The molecule has 0 fully saturated rings. The molecular formula is C23H23NO4. The van der Waals surface area contributed by atoms with Gasteiger partial charge in [-0.15, -0.1) is 0 Å². The zero-order valence-corrected chi connectivity index (χ0v) is 16.0. The second kappa shape index (κ2) is 7.15. The topological polar surface area (TPSA) is 70.8 Å². The van der Waals surface area contributed by atoms with Crippen LogP contribution in [0.15, 0.2) is 59.0 Å². The summed E-state index contributed by atoms with van der Waals surface area (Å²) in [4.78, 5) is 27.4. The quantitative estimate of drug-likeness (QED) is 0.690. The first-order valence-electron chi connectivity index (χ1n) is 9.62. The Kier molecular flexibility index (Phi) is 4.67. The lowest BCUT2D eigenvalue weighted by molar-refractivity contribution is -0.141. The van der Waals surface area contributed by atoms with E-state index in [1.54, 1.807) is 29.2 Å². The molecule has 3 atom stereocenters. The molecule has 144 valence electrons. The summed E-state index contributed by atoms with van der Waals surface area (Å²) in [5, 5.41) is 11.0. The summed E-state index contributed by atoms with van der Waals surface area (Å²) >= 11 is 0. The van der Waals surface area contributed by atoms with Crippen molar-refractivity contribution < 1.29 is 19.1 Å². The Morgan fingerprint density at radius 3 is 2.61 bits per heavy atom. The SMILES string of the molecule is CC[C@H](C)CN1C(=O)c2ccccc2[C@@H](C(=O)O)[C@@H]1c1cc2ccccc2o1. The first-order chi connectivity index (χ1) is 13.5. The first kappa shape index (κ1) is 18.3. The number of benzene rings is 2. The lowest BCUT2D eigenvalue weighted by Gasteiger charge is -2.40. The number of carboxylic acids is 1. The number of carboxylic acid groups (broad SMARTS) is 1. The van der Waals surface area contributed by atoms with Crippen molar-refractivity contribution in [3.8, 4) is 0 Å². The van der Waals surface area contributed by atoms with Crippen molar-refractivity contribution in [1.29, 1.82) is 0 Å². The Morgan fingerprint density at radius 1 is 1.18 bits per heavy atom. The molecule has 1 N–H and O–H groups in total. The molecule has 0 aliphatic carbocycles. The minimum absolute atomic E-state index is 0.140. The molecule has 5 nitrogen and oxygen atoms in total. The van der Waals surface area contributed by atoms with Crippen LogP contribution in [0, 0.1) is 5.92 Å². The van der Waals surface area contributed by atoms with Crippen molar-refractivity contribution >= 4 is 22.8 Å². The molecule has 4 rings (SSSR count). The molecule has 1 aliphatic rings. The average Bonchev–Trinajstić information content (AvgIpc) is 3.13. The Balaban J connectivity index is 1.91. The van der Waals surface area contributed by atoms with Gasteiger partial charge in [0, 0.05) is 17.5 Å². The number of para-hydroxylation sites is 1. The lowest BCUT2D eigenvalue weighted by atomic mass is 9.81. The molecule has 3 aromatic rings. The van der Waals surface area contributed by atoms with Crippen molar-refractivity contribution in [2.45, 2.75) is 32.2 Å². The summed E-state index contributed by atoms with van der Waals surface area (Å²) in [6, 6.07) is 15.8. The van der Waals surface area contributed by atoms with Gasteiger partial charge in [-0.25, -0.2) is 0 Å². The van der Waals surface area contributed by atoms with Crippen molar-refractivity contribution in [3.63, 3.8) is 0 Å². The molecule has 5 heteroatoms. The number of hydrogen-bond acceptors (Lipinski definition) is 3. The van der Waals surface area contributed by atoms with Crippen LogP contribution < -0.4 is 0 Å². The highest BCUT2D eigenvalue weighted by Crippen LogP contribution is 2.44. The maximum atomic E-state index is 13.3. The van der Waals surface area contributed by atoms with Crippen LogP contribution in [0.5, 0.6) is 0 Å². The summed E-state index contributed by atoms with van der Waals surface area (Å²) < 4.78 is 6.04. The third-order valence-corrected chi connectivity index (χ3v) is 5.65. The molecular weight excluding hydrogens is 354 g/mol. The summed E-state index contributed by atoms with van der Waals surface area (Å²) in [5.74, 6) is -1.22. The third-order valence-electron chi connectivity index (χ3n) is 5.65. The molecule has 0 saturated carbocycles. The molecule has 1 aromatic heterocycles. The number of nitrogens with zero attached hydrogens (tertiary/aromatic N) is 1. The highest BCUT2D eigenvalue weighted by molar-refractivity contribution is 6.00. The Labute approximate surface area is 163 Å². The second-order valence-corrected chi connectivity index (χ2v) is 7.51. The van der Waals surface area contributed by atoms with Crippen LogP contribution in [0.4, 0.5) is 0 Å². The zero-order valence-electron chi connectivity index (χ0n) is 16.0. The Bertz CT molecular complexity index is 1000. The van der Waals surface area contributed by atoms with Gasteiger partial charge in [0.1, 0.15) is 23.3 Å². The average molecular weight is 377 g/mol. The van der Waals surface area contributed by atoms with Gasteiger partial charge in [0.15, 0.2) is 0 Å². The molecule has 28 heavy (non-hydrogen) atoms. The fourth-order valence-corrected chi connectivity index (χ4v) is 3.99. The molecule has 2 aromatic carbocycles. The molecule has 2 heterocycles. The van der Waals surface area contributed by atoms with Crippen molar-refractivity contribution in [2.75, 3.05) is 6.54 Å². The molecule has 0 spiro atoms. The van der Waals surface area contributed by atoms with E-state index in [9.17, 15) is 14.7 Å². The number of hydrogen-bond donors (Lipinski definition) is 1. The molecule has 1 aliphatic heterocycles. The predicted octanol–water partition coefficient (Wildman–Crippen LogP) is 4.84. The summed E-state index contributed by atoms with van der Waals surface area (Å²) in [5.41, 5.74) is 1.70. The van der Waals surface area contributed by atoms with Crippen molar-refractivity contribution in [3.05, 3.63) is 71.5 Å². The van der Waals surface area contributed by atoms with Crippen LogP contribution in [0.2, 0.25) is 0 Å². The number of amides is 1. The fourth-order valence-electron chi connectivity index (χ4n) is 3.99. The number of aliphatic carboxylic acids is 1. The zero-order chi connectivity index (χ0) is 19.8. The first-order valence-corrected chi connectivity index (χ1v) is 9.62. The van der Waals surface area contributed by atoms with Crippen molar-refractivity contribution in [1.82, 2.24) is 4.90 Å². The number of furan rings is 1. The van der Waals surface area contributed by atoms with Crippen molar-refractivity contribution in [2.24, 2.45) is 5.92 Å². The number of carbonyl (C=O) groups is 2. The molecule has 0 radical (unpaired) electrons. The smallest absolute Gasteiger partial charge is 0.313 e. The van der Waals surface area contributed by atoms with E-state index < -0.39 is 17.9 Å². The number of rotatable bonds is 5. The third kappa shape index (κ3) is 2.97. The van der Waals surface area contributed by atoms with Gasteiger partial charge in [-0.05, 0) is 29.7 Å². The van der Waals surface area contributed by atoms with Crippen LogP contribution in [0.3, 0.4) is 0 Å². The number of carbonyl (C=O) groups excluding carboxylic acids is 1.